The highest BCUT2D eigenvalue weighted by Gasteiger charge is 2.72. The van der Waals surface area contributed by atoms with Crippen LogP contribution in [-0.4, -0.2) is 59.0 Å². The van der Waals surface area contributed by atoms with Gasteiger partial charge in [0, 0.05) is 30.9 Å². The van der Waals surface area contributed by atoms with Crippen LogP contribution in [0.15, 0.2) is 24.3 Å². The lowest BCUT2D eigenvalue weighted by molar-refractivity contribution is -0.279. The van der Waals surface area contributed by atoms with Gasteiger partial charge in [-0.2, -0.15) is 0 Å². The van der Waals surface area contributed by atoms with Crippen molar-refractivity contribution >= 4 is 23.9 Å². The molecule has 1 N–H and O–H groups in total. The molecule has 1 heterocycles. The van der Waals surface area contributed by atoms with Crippen LogP contribution in [0, 0.1) is 17.3 Å². The Hall–Kier alpha value is -2.68. The van der Waals surface area contributed by atoms with Gasteiger partial charge in [-0.3, -0.25) is 9.59 Å². The second kappa shape index (κ2) is 8.03. The Morgan fingerprint density at radius 1 is 1.09 bits per heavy atom. The van der Waals surface area contributed by atoms with Gasteiger partial charge in [0.25, 0.3) is 0 Å². The van der Waals surface area contributed by atoms with E-state index in [4.69, 9.17) is 18.9 Å². The van der Waals surface area contributed by atoms with E-state index in [2.05, 4.69) is 13.2 Å². The molecule has 1 saturated heterocycles. The van der Waals surface area contributed by atoms with Crippen LogP contribution in [0.2, 0.25) is 0 Å². The van der Waals surface area contributed by atoms with Crippen LogP contribution < -0.4 is 0 Å². The summed E-state index contributed by atoms with van der Waals surface area (Å²) < 4.78 is 22.6. The van der Waals surface area contributed by atoms with Gasteiger partial charge in [0.05, 0.1) is 16.9 Å². The number of carbonyl (C=O) groups excluding carboxylic acids is 4. The number of esters is 4. The van der Waals surface area contributed by atoms with Crippen LogP contribution >= 0.6 is 0 Å². The maximum atomic E-state index is 12.6. The smallest absolute Gasteiger partial charge is 0.334 e. The average Bonchev–Trinajstić information content (AvgIpc) is 2.94. The lowest BCUT2D eigenvalue weighted by Crippen LogP contribution is -2.72. The molecule has 0 amide bonds. The maximum Gasteiger partial charge on any atom is 0.334 e. The predicted molar refractivity (Wildman–Crippen MR) is 110 cm³/mol. The summed E-state index contributed by atoms with van der Waals surface area (Å²) in [6.07, 6.45) is -3.48. The normalized spacial score (nSPS) is 40.4. The van der Waals surface area contributed by atoms with E-state index < -0.39 is 71.1 Å². The number of hydrogen-bond donors (Lipinski definition) is 1. The van der Waals surface area contributed by atoms with Crippen LogP contribution in [-0.2, 0) is 38.1 Å². The number of ether oxygens (including phenoxy) is 4. The van der Waals surface area contributed by atoms with E-state index in [0.29, 0.717) is 0 Å². The van der Waals surface area contributed by atoms with Gasteiger partial charge < -0.3 is 24.1 Å². The lowest BCUT2D eigenvalue weighted by atomic mass is 9.49. The summed E-state index contributed by atoms with van der Waals surface area (Å²) in [5, 5.41) is 11.5. The molecule has 0 radical (unpaired) electrons. The molecule has 0 unspecified atom stereocenters. The molecule has 176 valence electrons. The summed E-state index contributed by atoms with van der Waals surface area (Å²) in [5.41, 5.74) is -2.47. The van der Waals surface area contributed by atoms with E-state index in [1.807, 2.05) is 0 Å². The second-order valence-corrected chi connectivity index (χ2v) is 9.44. The van der Waals surface area contributed by atoms with Crippen LogP contribution in [0.1, 0.15) is 47.5 Å². The molecule has 3 aliphatic rings. The third kappa shape index (κ3) is 3.72. The molecule has 9 heteroatoms. The predicted octanol–water partition coefficient (Wildman–Crippen LogP) is 1.62. The van der Waals surface area contributed by atoms with E-state index in [-0.39, 0.29) is 24.0 Å². The summed E-state index contributed by atoms with van der Waals surface area (Å²) in [5.74, 6) is -4.35. The van der Waals surface area contributed by atoms with Crippen molar-refractivity contribution in [2.45, 2.75) is 77.5 Å². The Balaban J connectivity index is 2.24. The van der Waals surface area contributed by atoms with Gasteiger partial charge in [0.15, 0.2) is 6.10 Å². The molecule has 1 aliphatic heterocycles. The van der Waals surface area contributed by atoms with Crippen LogP contribution in [0.25, 0.3) is 0 Å². The minimum absolute atomic E-state index is 0.0547. The summed E-state index contributed by atoms with van der Waals surface area (Å²) in [6, 6.07) is 0. The van der Waals surface area contributed by atoms with Gasteiger partial charge in [-0.25, -0.2) is 9.59 Å². The molecule has 0 spiro atoms. The number of rotatable bonds is 4. The van der Waals surface area contributed by atoms with Gasteiger partial charge in [-0.1, -0.05) is 20.1 Å². The molecule has 9 nitrogen and oxygen atoms in total. The van der Waals surface area contributed by atoms with E-state index in [1.54, 1.807) is 13.8 Å². The van der Waals surface area contributed by atoms with Gasteiger partial charge in [-0.15, -0.1) is 0 Å². The highest BCUT2D eigenvalue weighted by molar-refractivity contribution is 5.92. The molecular formula is C23H30O9. The van der Waals surface area contributed by atoms with Crippen LogP contribution in [0.5, 0.6) is 0 Å². The fourth-order valence-electron chi connectivity index (χ4n) is 5.76. The number of fused-ring (bicyclic) bond motifs is 2. The van der Waals surface area contributed by atoms with Crippen molar-refractivity contribution in [2.75, 3.05) is 0 Å². The van der Waals surface area contributed by atoms with Crippen molar-refractivity contribution < 1.29 is 43.2 Å². The zero-order chi connectivity index (χ0) is 24.2. The van der Waals surface area contributed by atoms with Gasteiger partial charge in [0.2, 0.25) is 0 Å². The fourth-order valence-corrected chi connectivity index (χ4v) is 5.76. The molecule has 3 rings (SSSR count). The number of aliphatic hydroxyl groups is 1. The molecule has 2 saturated carbocycles. The van der Waals surface area contributed by atoms with E-state index in [0.717, 1.165) is 0 Å². The number of hydrogen-bond acceptors (Lipinski definition) is 9. The standard InChI is InChI=1S/C23H30O9/c1-10(2)20(26)31-16-15-11(3)21(27)32-17(15)19(30-13(5)25)23(7)14(29-12(4)24)8-9-22(6,28)18(16)23/h14-19,28H,1,3,8-9H2,2,4-7H3/t14-,15-,16-,17-,18-,19-,22-,23+/m0/s1. The summed E-state index contributed by atoms with van der Waals surface area (Å²) >= 11 is 0. The first-order valence-corrected chi connectivity index (χ1v) is 10.5. The number of carbonyl (C=O) groups is 4. The summed E-state index contributed by atoms with van der Waals surface area (Å²) in [7, 11) is 0. The first kappa shape index (κ1) is 24.0. The zero-order valence-electron chi connectivity index (χ0n) is 19.0. The Bertz CT molecular complexity index is 888. The van der Waals surface area contributed by atoms with E-state index >= 15 is 0 Å². The van der Waals surface area contributed by atoms with Crippen molar-refractivity contribution in [3.8, 4) is 0 Å². The van der Waals surface area contributed by atoms with Crippen molar-refractivity contribution in [1.29, 1.82) is 0 Å². The molecule has 0 aromatic carbocycles. The molecule has 3 fully saturated rings. The van der Waals surface area contributed by atoms with Crippen LogP contribution in [0.4, 0.5) is 0 Å². The molecule has 0 aromatic heterocycles. The second-order valence-electron chi connectivity index (χ2n) is 9.44. The highest BCUT2D eigenvalue weighted by atomic mass is 16.6. The topological polar surface area (TPSA) is 125 Å². The first-order valence-electron chi connectivity index (χ1n) is 10.5. The van der Waals surface area contributed by atoms with Gasteiger partial charge in [0.1, 0.15) is 18.3 Å². The molecular weight excluding hydrogens is 420 g/mol. The Morgan fingerprint density at radius 3 is 2.22 bits per heavy atom. The third-order valence-electron chi connectivity index (χ3n) is 6.99. The average molecular weight is 450 g/mol. The van der Waals surface area contributed by atoms with E-state index in [1.165, 1.54) is 20.8 Å². The van der Waals surface area contributed by atoms with Crippen molar-refractivity contribution in [2.24, 2.45) is 17.3 Å². The molecule has 2 aliphatic carbocycles. The highest BCUT2D eigenvalue weighted by Crippen LogP contribution is 2.60. The van der Waals surface area contributed by atoms with Crippen molar-refractivity contribution in [3.05, 3.63) is 24.3 Å². The maximum absolute atomic E-state index is 12.6. The SMILES string of the molecule is C=C(C)C(=O)O[C@H]1[C@@H]2C(=C)C(=O)O[C@@H]2[C@H](OC(C)=O)[C@]2(C)[C@@H](OC(C)=O)CC[C@](C)(O)[C@H]12. The minimum Gasteiger partial charge on any atom is -0.462 e. The minimum atomic E-state index is -1.42. The fraction of sp³-hybridized carbons (Fsp3) is 0.652. The molecule has 8 atom stereocenters. The summed E-state index contributed by atoms with van der Waals surface area (Å²) in [4.78, 5) is 49.0. The molecule has 0 aromatic rings. The van der Waals surface area contributed by atoms with Crippen LogP contribution in [0.3, 0.4) is 0 Å². The van der Waals surface area contributed by atoms with Crippen molar-refractivity contribution in [3.63, 3.8) is 0 Å². The van der Waals surface area contributed by atoms with Gasteiger partial charge in [-0.05, 0) is 26.7 Å². The van der Waals surface area contributed by atoms with E-state index in [9.17, 15) is 24.3 Å². The largest absolute Gasteiger partial charge is 0.462 e. The third-order valence-corrected chi connectivity index (χ3v) is 6.99. The Morgan fingerprint density at radius 2 is 1.69 bits per heavy atom. The molecule has 0 bridgehead atoms. The Labute approximate surface area is 186 Å². The lowest BCUT2D eigenvalue weighted by Gasteiger charge is -2.61. The zero-order valence-corrected chi connectivity index (χ0v) is 19.0. The quantitative estimate of drug-likeness (QED) is 0.386. The Kier molecular flexibility index (Phi) is 6.01. The monoisotopic (exact) mass is 450 g/mol. The summed E-state index contributed by atoms with van der Waals surface area (Å²) in [6.45, 7) is 14.7. The first-order chi connectivity index (χ1) is 14.7. The molecule has 32 heavy (non-hydrogen) atoms. The van der Waals surface area contributed by atoms with Gasteiger partial charge >= 0.3 is 23.9 Å². The van der Waals surface area contributed by atoms with Crippen molar-refractivity contribution in [1.82, 2.24) is 0 Å².